The van der Waals surface area contributed by atoms with Gasteiger partial charge >= 0.3 is 0 Å². The van der Waals surface area contributed by atoms with E-state index in [1.54, 1.807) is 6.07 Å². The molecule has 4 heteroatoms. The molecule has 1 aromatic heterocycles. The Labute approximate surface area is 125 Å². The summed E-state index contributed by atoms with van der Waals surface area (Å²) in [4.78, 5) is 10.6. The van der Waals surface area contributed by atoms with E-state index in [1.165, 1.54) is 31.4 Å². The molecule has 114 valence electrons. The molecule has 2 atom stereocenters. The molecule has 21 heavy (non-hydrogen) atoms. The van der Waals surface area contributed by atoms with Gasteiger partial charge in [0.05, 0.1) is 17.1 Å². The van der Waals surface area contributed by atoms with E-state index in [9.17, 15) is 4.39 Å². The number of nitrogens with zero attached hydrogens (tertiary/aromatic N) is 2. The lowest BCUT2D eigenvalue weighted by molar-refractivity contribution is 0.0735. The Hall–Kier alpha value is -1.42. The molecule has 3 rings (SSSR count). The maximum atomic E-state index is 13.4. The first-order valence-electron chi connectivity index (χ1n) is 7.97. The van der Waals surface area contributed by atoms with E-state index in [1.807, 2.05) is 0 Å². The van der Waals surface area contributed by atoms with E-state index in [0.717, 1.165) is 23.4 Å². The molecule has 0 spiro atoms. The van der Waals surface area contributed by atoms with Gasteiger partial charge in [-0.25, -0.2) is 9.37 Å². The van der Waals surface area contributed by atoms with Crippen molar-refractivity contribution in [2.45, 2.75) is 52.1 Å². The van der Waals surface area contributed by atoms with Gasteiger partial charge in [-0.2, -0.15) is 0 Å². The molecule has 1 fully saturated rings. The van der Waals surface area contributed by atoms with Gasteiger partial charge in [0.15, 0.2) is 0 Å². The predicted molar refractivity (Wildman–Crippen MR) is 83.6 cm³/mol. The highest BCUT2D eigenvalue weighted by molar-refractivity contribution is 5.75. The van der Waals surface area contributed by atoms with Gasteiger partial charge in [-0.05, 0) is 50.4 Å². The summed E-state index contributed by atoms with van der Waals surface area (Å²) >= 11 is 0. The zero-order chi connectivity index (χ0) is 15.0. The number of hydrogen-bond donors (Lipinski definition) is 1. The van der Waals surface area contributed by atoms with E-state index in [0.29, 0.717) is 12.0 Å². The summed E-state index contributed by atoms with van der Waals surface area (Å²) in [5.74, 6) is 1.22. The van der Waals surface area contributed by atoms with Gasteiger partial charge in [0.1, 0.15) is 11.6 Å². The predicted octanol–water partition coefficient (Wildman–Crippen LogP) is 4.27. The first kappa shape index (κ1) is 14.5. The standard InChI is InChI=1S/C17H24FN3/c1-11(2)16(21-9-5-4-6-12(21)3)17-19-14-8-7-13(18)10-15(14)20-17/h7-8,10-12,16H,4-6,9H2,1-3H3,(H,19,20). The molecular formula is C17H24FN3. The number of aromatic nitrogens is 2. The fourth-order valence-electron chi connectivity index (χ4n) is 3.53. The Balaban J connectivity index is 1.98. The maximum absolute atomic E-state index is 13.4. The van der Waals surface area contributed by atoms with Crippen LogP contribution in [0, 0.1) is 11.7 Å². The van der Waals surface area contributed by atoms with Crippen molar-refractivity contribution in [2.75, 3.05) is 6.54 Å². The monoisotopic (exact) mass is 289 g/mol. The molecule has 1 saturated heterocycles. The SMILES string of the molecule is CC(C)C(c1nc2ccc(F)cc2[nH]1)N1CCCCC1C. The summed E-state index contributed by atoms with van der Waals surface area (Å²) in [6, 6.07) is 5.61. The van der Waals surface area contributed by atoms with E-state index in [-0.39, 0.29) is 11.9 Å². The summed E-state index contributed by atoms with van der Waals surface area (Å²) in [6.07, 6.45) is 3.81. The molecule has 1 N–H and O–H groups in total. The van der Waals surface area contributed by atoms with Crippen molar-refractivity contribution in [3.8, 4) is 0 Å². The van der Waals surface area contributed by atoms with Gasteiger partial charge in [0.2, 0.25) is 0 Å². The van der Waals surface area contributed by atoms with Gasteiger partial charge in [-0.1, -0.05) is 20.3 Å². The van der Waals surface area contributed by atoms with Crippen LogP contribution in [-0.2, 0) is 0 Å². The van der Waals surface area contributed by atoms with E-state index >= 15 is 0 Å². The number of halogens is 1. The molecule has 2 heterocycles. The van der Waals surface area contributed by atoms with Crippen LogP contribution in [0.4, 0.5) is 4.39 Å². The smallest absolute Gasteiger partial charge is 0.125 e. The van der Waals surface area contributed by atoms with Crippen LogP contribution in [0.2, 0.25) is 0 Å². The number of aromatic amines is 1. The van der Waals surface area contributed by atoms with Crippen molar-refractivity contribution in [3.63, 3.8) is 0 Å². The molecule has 1 aliphatic rings. The number of H-pyrrole nitrogens is 1. The molecule has 3 nitrogen and oxygen atoms in total. The minimum atomic E-state index is -0.217. The van der Waals surface area contributed by atoms with E-state index in [4.69, 9.17) is 4.98 Å². The molecule has 0 bridgehead atoms. The van der Waals surface area contributed by atoms with Crippen LogP contribution in [0.3, 0.4) is 0 Å². The Morgan fingerprint density at radius 2 is 2.14 bits per heavy atom. The lowest BCUT2D eigenvalue weighted by Gasteiger charge is -2.40. The number of piperidine rings is 1. The Morgan fingerprint density at radius 3 is 2.86 bits per heavy atom. The maximum Gasteiger partial charge on any atom is 0.125 e. The third kappa shape index (κ3) is 2.82. The van der Waals surface area contributed by atoms with Gasteiger partial charge in [0, 0.05) is 6.04 Å². The highest BCUT2D eigenvalue weighted by atomic mass is 19.1. The molecule has 1 aliphatic heterocycles. The van der Waals surface area contributed by atoms with Crippen LogP contribution in [-0.4, -0.2) is 27.5 Å². The van der Waals surface area contributed by atoms with Gasteiger partial charge in [-0.3, -0.25) is 4.90 Å². The van der Waals surface area contributed by atoms with Gasteiger partial charge in [-0.15, -0.1) is 0 Å². The van der Waals surface area contributed by atoms with Crippen molar-refractivity contribution in [1.82, 2.24) is 14.9 Å². The molecule has 0 radical (unpaired) electrons. The zero-order valence-electron chi connectivity index (χ0n) is 13.1. The molecule has 0 amide bonds. The van der Waals surface area contributed by atoms with E-state index in [2.05, 4.69) is 30.7 Å². The topological polar surface area (TPSA) is 31.9 Å². The van der Waals surface area contributed by atoms with Crippen LogP contribution in [0.1, 0.15) is 51.9 Å². The Bertz CT molecular complexity index is 620. The van der Waals surface area contributed by atoms with Crippen molar-refractivity contribution in [1.29, 1.82) is 0 Å². The summed E-state index contributed by atoms with van der Waals surface area (Å²) < 4.78 is 13.4. The molecule has 2 aromatic rings. The average Bonchev–Trinajstić information content (AvgIpc) is 2.83. The first-order valence-corrected chi connectivity index (χ1v) is 7.97. The fourth-order valence-corrected chi connectivity index (χ4v) is 3.53. The quantitative estimate of drug-likeness (QED) is 0.915. The van der Waals surface area contributed by atoms with Crippen molar-refractivity contribution in [2.24, 2.45) is 5.92 Å². The molecule has 2 unspecified atom stereocenters. The summed E-state index contributed by atoms with van der Waals surface area (Å²) in [5.41, 5.74) is 1.64. The number of likely N-dealkylation sites (tertiary alicyclic amines) is 1. The lowest BCUT2D eigenvalue weighted by Crippen LogP contribution is -2.42. The van der Waals surface area contributed by atoms with Gasteiger partial charge in [0.25, 0.3) is 0 Å². The third-order valence-electron chi connectivity index (χ3n) is 4.59. The van der Waals surface area contributed by atoms with Crippen molar-refractivity contribution in [3.05, 3.63) is 29.8 Å². The first-order chi connectivity index (χ1) is 10.1. The zero-order valence-corrected chi connectivity index (χ0v) is 13.1. The molecular weight excluding hydrogens is 265 g/mol. The number of rotatable bonds is 3. The second-order valence-corrected chi connectivity index (χ2v) is 6.55. The molecule has 1 aromatic carbocycles. The fraction of sp³-hybridized carbons (Fsp3) is 0.588. The average molecular weight is 289 g/mol. The lowest BCUT2D eigenvalue weighted by atomic mass is 9.95. The molecule has 0 aliphatic carbocycles. The third-order valence-corrected chi connectivity index (χ3v) is 4.59. The van der Waals surface area contributed by atoms with Gasteiger partial charge < -0.3 is 4.98 Å². The summed E-state index contributed by atoms with van der Waals surface area (Å²) in [5, 5.41) is 0. The minimum Gasteiger partial charge on any atom is -0.341 e. The number of nitrogens with one attached hydrogen (secondary N) is 1. The van der Waals surface area contributed by atoms with Crippen LogP contribution in [0.25, 0.3) is 11.0 Å². The Kier molecular flexibility index (Phi) is 3.98. The summed E-state index contributed by atoms with van der Waals surface area (Å²) in [6.45, 7) is 7.89. The highest BCUT2D eigenvalue weighted by Crippen LogP contribution is 2.33. The number of fused-ring (bicyclic) bond motifs is 1. The van der Waals surface area contributed by atoms with Crippen LogP contribution < -0.4 is 0 Å². The second-order valence-electron chi connectivity index (χ2n) is 6.55. The number of benzene rings is 1. The Morgan fingerprint density at radius 1 is 1.33 bits per heavy atom. The van der Waals surface area contributed by atoms with Crippen molar-refractivity contribution < 1.29 is 4.39 Å². The molecule has 0 saturated carbocycles. The summed E-state index contributed by atoms with van der Waals surface area (Å²) in [7, 11) is 0. The van der Waals surface area contributed by atoms with Crippen LogP contribution in [0.15, 0.2) is 18.2 Å². The minimum absolute atomic E-state index is 0.217. The van der Waals surface area contributed by atoms with E-state index < -0.39 is 0 Å². The normalized spacial score (nSPS) is 22.0. The number of hydrogen-bond acceptors (Lipinski definition) is 2. The largest absolute Gasteiger partial charge is 0.341 e. The van der Waals surface area contributed by atoms with Crippen LogP contribution in [0.5, 0.6) is 0 Å². The van der Waals surface area contributed by atoms with Crippen molar-refractivity contribution >= 4 is 11.0 Å². The van der Waals surface area contributed by atoms with Crippen LogP contribution >= 0.6 is 0 Å². The second kappa shape index (κ2) is 5.76. The highest BCUT2D eigenvalue weighted by Gasteiger charge is 2.31. The number of imidazole rings is 1.